The molecule has 1 aliphatic rings. The predicted molar refractivity (Wildman–Crippen MR) is 80.5 cm³/mol. The van der Waals surface area contributed by atoms with E-state index in [1.807, 2.05) is 6.92 Å². The molecule has 21 heavy (non-hydrogen) atoms. The number of carbonyl (C=O) groups excluding carboxylic acids is 1. The third-order valence-electron chi connectivity index (χ3n) is 4.85. The monoisotopic (exact) mass is 288 g/mol. The molecule has 1 saturated carbocycles. The molecule has 5 nitrogen and oxygen atoms in total. The van der Waals surface area contributed by atoms with Crippen LogP contribution in [0.5, 0.6) is 0 Å². The summed E-state index contributed by atoms with van der Waals surface area (Å²) in [5, 5.41) is 16.4. The smallest absolute Gasteiger partial charge is 0.244 e. The Morgan fingerprint density at radius 2 is 2.24 bits per heavy atom. The van der Waals surface area contributed by atoms with Gasteiger partial charge in [0.15, 0.2) is 0 Å². The number of aryl methyl sites for hydroxylation is 1. The normalized spacial score (nSPS) is 26.9. The van der Waals surface area contributed by atoms with Crippen molar-refractivity contribution in [3.05, 3.63) is 17.5 Å². The highest BCUT2D eigenvalue weighted by molar-refractivity contribution is 5.80. The van der Waals surface area contributed by atoms with E-state index >= 15 is 0 Å². The molecule has 1 aliphatic carbocycles. The molecule has 0 bridgehead atoms. The maximum atomic E-state index is 12.4. The van der Waals surface area contributed by atoms with Crippen LogP contribution in [-0.4, -0.2) is 21.7 Å². The fraction of sp³-hybridized carbons (Fsp3) is 0.688. The second kappa shape index (κ2) is 6.30. The molecule has 0 spiro atoms. The fourth-order valence-electron chi connectivity index (χ4n) is 3.00. The summed E-state index contributed by atoms with van der Waals surface area (Å²) >= 11 is 0. The van der Waals surface area contributed by atoms with Crippen LogP contribution in [0.25, 0.3) is 0 Å². The maximum Gasteiger partial charge on any atom is 0.244 e. The molecule has 0 radical (unpaired) electrons. The van der Waals surface area contributed by atoms with Gasteiger partial charge in [0.25, 0.3) is 0 Å². The van der Waals surface area contributed by atoms with E-state index in [0.717, 1.165) is 6.42 Å². The zero-order valence-electron chi connectivity index (χ0n) is 13.3. The Balaban J connectivity index is 2.04. The summed E-state index contributed by atoms with van der Waals surface area (Å²) in [6, 6.07) is 1.94. The van der Waals surface area contributed by atoms with Crippen LogP contribution in [0.2, 0.25) is 0 Å². The van der Waals surface area contributed by atoms with Gasteiger partial charge in [0, 0.05) is 12.2 Å². The standard InChI is InChI=1S/C16H24N4O/c1-10-6-5-7-15(11(10)2)18-16(21)13(4)20-9-14(8-17)12(3)19-20/h9-11,13,15H,5-7H2,1-4H3,(H,18,21). The minimum Gasteiger partial charge on any atom is -0.351 e. The molecule has 1 N–H and O–H groups in total. The number of nitriles is 1. The molecule has 5 heteroatoms. The minimum atomic E-state index is -0.393. The van der Waals surface area contributed by atoms with Gasteiger partial charge in [-0.3, -0.25) is 9.48 Å². The Bertz CT molecular complexity index is 557. The Kier molecular flexibility index (Phi) is 4.66. The van der Waals surface area contributed by atoms with E-state index in [1.54, 1.807) is 17.8 Å². The van der Waals surface area contributed by atoms with Crippen LogP contribution < -0.4 is 5.32 Å². The lowest BCUT2D eigenvalue weighted by Gasteiger charge is -2.35. The van der Waals surface area contributed by atoms with Gasteiger partial charge in [-0.25, -0.2) is 0 Å². The molecule has 0 aromatic carbocycles. The van der Waals surface area contributed by atoms with E-state index < -0.39 is 6.04 Å². The minimum absolute atomic E-state index is 0.0204. The van der Waals surface area contributed by atoms with Gasteiger partial charge in [0.1, 0.15) is 12.1 Å². The second-order valence-corrected chi connectivity index (χ2v) is 6.28. The summed E-state index contributed by atoms with van der Waals surface area (Å²) < 4.78 is 1.58. The summed E-state index contributed by atoms with van der Waals surface area (Å²) in [4.78, 5) is 12.4. The molecule has 1 aromatic heterocycles. The second-order valence-electron chi connectivity index (χ2n) is 6.28. The van der Waals surface area contributed by atoms with Gasteiger partial charge in [0.05, 0.1) is 11.3 Å². The quantitative estimate of drug-likeness (QED) is 0.929. The molecule has 1 amide bonds. The number of carbonyl (C=O) groups is 1. The van der Waals surface area contributed by atoms with E-state index in [2.05, 4.69) is 30.3 Å². The summed E-state index contributed by atoms with van der Waals surface area (Å²) in [6.07, 6.45) is 5.11. The Labute approximate surface area is 126 Å². The van der Waals surface area contributed by atoms with Gasteiger partial charge in [-0.05, 0) is 32.1 Å². The Hall–Kier alpha value is -1.83. The molecule has 4 unspecified atom stereocenters. The topological polar surface area (TPSA) is 70.7 Å². The van der Waals surface area contributed by atoms with Crippen molar-refractivity contribution >= 4 is 5.91 Å². The van der Waals surface area contributed by atoms with Crippen LogP contribution in [-0.2, 0) is 4.79 Å². The first-order chi connectivity index (χ1) is 9.93. The van der Waals surface area contributed by atoms with Crippen molar-refractivity contribution in [2.45, 2.75) is 59.0 Å². The third kappa shape index (κ3) is 3.26. The summed E-state index contributed by atoms with van der Waals surface area (Å²) in [7, 11) is 0. The lowest BCUT2D eigenvalue weighted by Crippen LogP contribution is -2.45. The highest BCUT2D eigenvalue weighted by atomic mass is 16.2. The van der Waals surface area contributed by atoms with Gasteiger partial charge in [-0.2, -0.15) is 10.4 Å². The highest BCUT2D eigenvalue weighted by Gasteiger charge is 2.29. The fourth-order valence-corrected chi connectivity index (χ4v) is 3.00. The van der Waals surface area contributed by atoms with E-state index in [0.29, 0.717) is 23.1 Å². The predicted octanol–water partition coefficient (Wildman–Crippen LogP) is 2.57. The largest absolute Gasteiger partial charge is 0.351 e. The van der Waals surface area contributed by atoms with Gasteiger partial charge in [0.2, 0.25) is 5.91 Å². The van der Waals surface area contributed by atoms with Crippen LogP contribution in [0.15, 0.2) is 6.20 Å². The summed E-state index contributed by atoms with van der Waals surface area (Å²) in [5.74, 6) is 1.13. The first-order valence-electron chi connectivity index (χ1n) is 7.70. The lowest BCUT2D eigenvalue weighted by molar-refractivity contribution is -0.125. The van der Waals surface area contributed by atoms with Crippen molar-refractivity contribution in [2.75, 3.05) is 0 Å². The Morgan fingerprint density at radius 3 is 2.86 bits per heavy atom. The van der Waals surface area contributed by atoms with E-state index in [9.17, 15) is 4.79 Å². The number of amides is 1. The molecule has 2 rings (SSSR count). The van der Waals surface area contributed by atoms with Crippen molar-refractivity contribution in [2.24, 2.45) is 11.8 Å². The van der Waals surface area contributed by atoms with Gasteiger partial charge in [-0.1, -0.05) is 26.7 Å². The van der Waals surface area contributed by atoms with E-state index in [1.165, 1.54) is 12.8 Å². The van der Waals surface area contributed by atoms with Gasteiger partial charge < -0.3 is 5.32 Å². The number of nitrogens with zero attached hydrogens (tertiary/aromatic N) is 3. The number of hydrogen-bond donors (Lipinski definition) is 1. The van der Waals surface area contributed by atoms with E-state index in [-0.39, 0.29) is 11.9 Å². The molecule has 1 heterocycles. The van der Waals surface area contributed by atoms with Crippen LogP contribution in [0.4, 0.5) is 0 Å². The SMILES string of the molecule is Cc1nn(C(C)C(=O)NC2CCCC(C)C2C)cc1C#N. The van der Waals surface area contributed by atoms with E-state index in [4.69, 9.17) is 5.26 Å². The molecule has 0 aliphatic heterocycles. The first-order valence-corrected chi connectivity index (χ1v) is 7.70. The third-order valence-corrected chi connectivity index (χ3v) is 4.85. The van der Waals surface area contributed by atoms with Crippen LogP contribution >= 0.6 is 0 Å². The van der Waals surface area contributed by atoms with Crippen molar-refractivity contribution in [1.82, 2.24) is 15.1 Å². The number of aromatic nitrogens is 2. The number of rotatable bonds is 3. The molecule has 114 valence electrons. The molecule has 0 saturated heterocycles. The molecule has 1 fully saturated rings. The molecule has 1 aromatic rings. The van der Waals surface area contributed by atoms with Crippen LogP contribution in [0.3, 0.4) is 0 Å². The van der Waals surface area contributed by atoms with Crippen molar-refractivity contribution in [3.8, 4) is 6.07 Å². The first kappa shape index (κ1) is 15.6. The number of hydrogen-bond acceptors (Lipinski definition) is 3. The van der Waals surface area contributed by atoms with Gasteiger partial charge in [-0.15, -0.1) is 0 Å². The van der Waals surface area contributed by atoms with Crippen molar-refractivity contribution < 1.29 is 4.79 Å². The summed E-state index contributed by atoms with van der Waals surface area (Å²) in [5.41, 5.74) is 1.19. The molecule has 4 atom stereocenters. The van der Waals surface area contributed by atoms with Gasteiger partial charge >= 0.3 is 0 Å². The molecular formula is C16H24N4O. The maximum absolute atomic E-state index is 12.4. The molecular weight excluding hydrogens is 264 g/mol. The van der Waals surface area contributed by atoms with Crippen molar-refractivity contribution in [1.29, 1.82) is 5.26 Å². The average Bonchev–Trinajstić information content (AvgIpc) is 2.84. The van der Waals surface area contributed by atoms with Crippen LogP contribution in [0, 0.1) is 30.1 Å². The number of nitrogens with one attached hydrogen (secondary N) is 1. The highest BCUT2D eigenvalue weighted by Crippen LogP contribution is 2.29. The van der Waals surface area contributed by atoms with Crippen LogP contribution in [0.1, 0.15) is 57.3 Å². The summed E-state index contributed by atoms with van der Waals surface area (Å²) in [6.45, 7) is 8.07. The average molecular weight is 288 g/mol. The lowest BCUT2D eigenvalue weighted by atomic mass is 9.78. The zero-order valence-corrected chi connectivity index (χ0v) is 13.3. The zero-order chi connectivity index (χ0) is 15.6. The Morgan fingerprint density at radius 1 is 1.52 bits per heavy atom. The van der Waals surface area contributed by atoms with Crippen molar-refractivity contribution in [3.63, 3.8) is 0 Å².